The van der Waals surface area contributed by atoms with E-state index in [1.165, 1.54) is 0 Å². The molecule has 0 aliphatic carbocycles. The molecule has 0 aromatic heterocycles. The van der Waals surface area contributed by atoms with E-state index in [1.54, 1.807) is 0 Å². The summed E-state index contributed by atoms with van der Waals surface area (Å²) in [4.78, 5) is 10.2. The summed E-state index contributed by atoms with van der Waals surface area (Å²) in [6, 6.07) is 0. The first-order chi connectivity index (χ1) is 8.09. The Labute approximate surface area is 122 Å². The van der Waals surface area contributed by atoms with Crippen molar-refractivity contribution >= 4 is 5.91 Å². The topological polar surface area (TPSA) is 43.1 Å². The lowest BCUT2D eigenvalue weighted by Gasteiger charge is -2.22. The Morgan fingerprint density at radius 1 is 0.895 bits per heavy atom. The molecule has 0 atom stereocenters. The second-order valence-electron chi connectivity index (χ2n) is 8.46. The lowest BCUT2D eigenvalue weighted by atomic mass is 9.84. The smallest absolute Gasteiger partial charge is 0.217 e. The molecule has 0 heterocycles. The van der Waals surface area contributed by atoms with Crippen molar-refractivity contribution in [2.75, 3.05) is 0 Å². The van der Waals surface area contributed by atoms with Crippen LogP contribution in [0.1, 0.15) is 82.6 Å². The van der Waals surface area contributed by atoms with Gasteiger partial charge < -0.3 is 5.73 Å². The Morgan fingerprint density at radius 2 is 1.11 bits per heavy atom. The van der Waals surface area contributed by atoms with Crippen molar-refractivity contribution in [3.05, 3.63) is 0 Å². The van der Waals surface area contributed by atoms with Crippen LogP contribution in [0.3, 0.4) is 0 Å². The van der Waals surface area contributed by atoms with Gasteiger partial charge in [-0.15, -0.1) is 0 Å². The van der Waals surface area contributed by atoms with Gasteiger partial charge in [0, 0.05) is 6.42 Å². The minimum Gasteiger partial charge on any atom is -0.370 e. The summed E-state index contributed by atoms with van der Waals surface area (Å²) in [5, 5.41) is 0. The van der Waals surface area contributed by atoms with Crippen LogP contribution in [0.5, 0.6) is 0 Å². The molecule has 0 unspecified atom stereocenters. The number of carbonyl (C=O) groups excluding carboxylic acids is 1. The van der Waals surface area contributed by atoms with Gasteiger partial charge in [-0.1, -0.05) is 76.2 Å². The Bertz CT molecular complexity index is 214. The van der Waals surface area contributed by atoms with Gasteiger partial charge in [0.2, 0.25) is 5.91 Å². The Hall–Kier alpha value is -0.530. The zero-order chi connectivity index (χ0) is 16.4. The van der Waals surface area contributed by atoms with E-state index < -0.39 is 0 Å². The summed E-state index contributed by atoms with van der Waals surface area (Å²) in [6.45, 7) is 23.7. The lowest BCUT2D eigenvalue weighted by molar-refractivity contribution is -0.119. The predicted octanol–water partition coefficient (Wildman–Crippen LogP) is 5.26. The highest BCUT2D eigenvalue weighted by Crippen LogP contribution is 2.23. The van der Waals surface area contributed by atoms with Crippen LogP contribution in [0.25, 0.3) is 0 Å². The third-order valence-electron chi connectivity index (χ3n) is 2.44. The number of rotatable bonds is 1. The van der Waals surface area contributed by atoms with Gasteiger partial charge in [0.1, 0.15) is 0 Å². The highest BCUT2D eigenvalue weighted by molar-refractivity contribution is 5.74. The average molecular weight is 274 g/mol. The molecule has 0 radical (unpaired) electrons. The van der Waals surface area contributed by atoms with Crippen LogP contribution in [-0.4, -0.2) is 5.91 Å². The molecule has 0 saturated heterocycles. The molecule has 1 amide bonds. The summed E-state index contributed by atoms with van der Waals surface area (Å²) < 4.78 is 0. The van der Waals surface area contributed by atoms with Crippen molar-refractivity contribution < 1.29 is 4.79 Å². The Balaban J connectivity index is -0.000000214. The first kappa shape index (κ1) is 23.6. The van der Waals surface area contributed by atoms with E-state index in [0.29, 0.717) is 11.8 Å². The Kier molecular flexibility index (Phi) is 12.7. The van der Waals surface area contributed by atoms with Gasteiger partial charge >= 0.3 is 0 Å². The maximum Gasteiger partial charge on any atom is 0.217 e. The fraction of sp³-hybridized carbons (Fsp3) is 0.941. The summed E-state index contributed by atoms with van der Waals surface area (Å²) in [5.74, 6) is 1.41. The van der Waals surface area contributed by atoms with Gasteiger partial charge in [-0.25, -0.2) is 0 Å². The first-order valence-corrected chi connectivity index (χ1v) is 7.38. The van der Waals surface area contributed by atoms with Gasteiger partial charge in [0.05, 0.1) is 0 Å². The van der Waals surface area contributed by atoms with E-state index in [1.807, 2.05) is 20.8 Å². The lowest BCUT2D eigenvalue weighted by Crippen LogP contribution is -2.19. The van der Waals surface area contributed by atoms with E-state index in [2.05, 4.69) is 55.4 Å². The van der Waals surface area contributed by atoms with E-state index in [0.717, 1.165) is 11.8 Å². The summed E-state index contributed by atoms with van der Waals surface area (Å²) >= 11 is 0. The van der Waals surface area contributed by atoms with Crippen molar-refractivity contribution in [1.82, 2.24) is 0 Å². The molecule has 0 spiro atoms. The molecule has 0 aromatic carbocycles. The van der Waals surface area contributed by atoms with Crippen molar-refractivity contribution in [2.24, 2.45) is 28.4 Å². The molecule has 19 heavy (non-hydrogen) atoms. The monoisotopic (exact) mass is 273 g/mol. The minimum atomic E-state index is -0.225. The molecule has 2 N–H and O–H groups in total. The molecular formula is C17H39NO. The third kappa shape index (κ3) is 38.1. The fourth-order valence-electron chi connectivity index (χ4n) is 0.523. The molecule has 0 bridgehead atoms. The summed E-state index contributed by atoms with van der Waals surface area (Å²) in [7, 11) is 0. The maximum absolute atomic E-state index is 10.2. The van der Waals surface area contributed by atoms with Gasteiger partial charge in [0.15, 0.2) is 0 Å². The maximum atomic E-state index is 10.2. The molecule has 2 heteroatoms. The van der Waals surface area contributed by atoms with E-state index in [4.69, 9.17) is 5.73 Å². The summed E-state index contributed by atoms with van der Waals surface area (Å²) in [5.41, 5.74) is 5.49. The molecule has 0 rings (SSSR count). The van der Waals surface area contributed by atoms with Gasteiger partial charge in [-0.3, -0.25) is 4.79 Å². The zero-order valence-electron chi connectivity index (χ0n) is 15.3. The molecule has 118 valence electrons. The molecule has 0 aliphatic rings. The quantitative estimate of drug-likeness (QED) is 0.696. The van der Waals surface area contributed by atoms with Gasteiger partial charge in [-0.2, -0.15) is 0 Å². The first-order valence-electron chi connectivity index (χ1n) is 7.38. The van der Waals surface area contributed by atoms with Crippen molar-refractivity contribution in [2.45, 2.75) is 82.6 Å². The highest BCUT2D eigenvalue weighted by Gasteiger charge is 2.13. The van der Waals surface area contributed by atoms with E-state index >= 15 is 0 Å². The van der Waals surface area contributed by atoms with Crippen molar-refractivity contribution in [3.8, 4) is 0 Å². The molecular weight excluding hydrogens is 234 g/mol. The fourth-order valence-corrected chi connectivity index (χ4v) is 0.523. The Morgan fingerprint density at radius 3 is 1.11 bits per heavy atom. The number of carbonyl (C=O) groups is 1. The largest absolute Gasteiger partial charge is 0.370 e. The molecule has 2 nitrogen and oxygen atoms in total. The average Bonchev–Trinajstić information content (AvgIpc) is 1.95. The predicted molar refractivity (Wildman–Crippen MR) is 88.1 cm³/mol. The van der Waals surface area contributed by atoms with Crippen molar-refractivity contribution in [3.63, 3.8) is 0 Å². The van der Waals surface area contributed by atoms with Gasteiger partial charge in [-0.05, 0) is 22.7 Å². The van der Waals surface area contributed by atoms with Gasteiger partial charge in [0.25, 0.3) is 0 Å². The SMILES string of the molecule is CC(C)(C)CC(N)=O.CC(C)C.CC(C)C(C)(C)C. The normalized spacial score (nSPS) is 11.4. The van der Waals surface area contributed by atoms with E-state index in [-0.39, 0.29) is 11.3 Å². The minimum absolute atomic E-state index is 0.0475. The number of hydrogen-bond acceptors (Lipinski definition) is 1. The van der Waals surface area contributed by atoms with Crippen LogP contribution >= 0.6 is 0 Å². The van der Waals surface area contributed by atoms with Crippen molar-refractivity contribution in [1.29, 1.82) is 0 Å². The summed E-state index contributed by atoms with van der Waals surface area (Å²) in [6.07, 6.45) is 0.465. The second kappa shape index (κ2) is 10.3. The number of amides is 1. The van der Waals surface area contributed by atoms with Crippen LogP contribution in [0.2, 0.25) is 0 Å². The molecule has 0 fully saturated rings. The van der Waals surface area contributed by atoms with Crippen LogP contribution in [-0.2, 0) is 4.79 Å². The number of primary amides is 1. The highest BCUT2D eigenvalue weighted by atomic mass is 16.1. The van der Waals surface area contributed by atoms with Crippen LogP contribution in [0.4, 0.5) is 0 Å². The second-order valence-corrected chi connectivity index (χ2v) is 8.46. The van der Waals surface area contributed by atoms with Crippen LogP contribution < -0.4 is 5.73 Å². The number of nitrogens with two attached hydrogens (primary N) is 1. The zero-order valence-corrected chi connectivity index (χ0v) is 15.3. The molecule has 0 aliphatic heterocycles. The third-order valence-corrected chi connectivity index (χ3v) is 2.44. The molecule has 0 saturated carbocycles. The van der Waals surface area contributed by atoms with Crippen LogP contribution in [0, 0.1) is 22.7 Å². The standard InChI is InChI=1S/C7H16.C6H13NO.C4H10/c1-6(2)7(3,4)5;1-6(2,3)4-5(7)8;1-4(2)3/h6H,1-5H3;4H2,1-3H3,(H2,7,8);4H,1-3H3. The number of hydrogen-bond donors (Lipinski definition) is 1. The molecule has 0 aromatic rings. The van der Waals surface area contributed by atoms with Crippen LogP contribution in [0.15, 0.2) is 0 Å². The van der Waals surface area contributed by atoms with E-state index in [9.17, 15) is 4.79 Å².